The summed E-state index contributed by atoms with van der Waals surface area (Å²) < 4.78 is 8.77. The molecule has 27 heavy (non-hydrogen) atoms. The Morgan fingerprint density at radius 3 is 2.70 bits per heavy atom. The van der Waals surface area contributed by atoms with Gasteiger partial charge in [-0.05, 0) is 42.8 Å². The lowest BCUT2D eigenvalue weighted by Gasteiger charge is -2.09. The van der Waals surface area contributed by atoms with Gasteiger partial charge in [0.05, 0.1) is 12.8 Å². The number of halogens is 1. The first-order chi connectivity index (χ1) is 13.2. The van der Waals surface area contributed by atoms with E-state index in [0.29, 0.717) is 6.54 Å². The minimum Gasteiger partial charge on any atom is -0.467 e. The standard InChI is InChI=1S/C21H18BrN3OS/c1-15-5-2-7-17(11-15)20-23-24-21(25(20)13-19-9-4-10-26-19)27-14-16-6-3-8-18(22)12-16/h2-12H,13-14H2,1H3. The highest BCUT2D eigenvalue weighted by molar-refractivity contribution is 9.10. The molecule has 0 fully saturated rings. The Morgan fingerprint density at radius 1 is 1.04 bits per heavy atom. The molecule has 4 aromatic rings. The van der Waals surface area contributed by atoms with Gasteiger partial charge in [0.15, 0.2) is 11.0 Å². The number of furan rings is 1. The second kappa shape index (κ2) is 8.15. The minimum absolute atomic E-state index is 0.601. The van der Waals surface area contributed by atoms with Gasteiger partial charge in [-0.15, -0.1) is 10.2 Å². The topological polar surface area (TPSA) is 43.9 Å². The summed E-state index contributed by atoms with van der Waals surface area (Å²) in [5.74, 6) is 2.56. The largest absolute Gasteiger partial charge is 0.467 e. The predicted octanol–water partition coefficient (Wildman–Crippen LogP) is 5.95. The van der Waals surface area contributed by atoms with Crippen molar-refractivity contribution in [2.75, 3.05) is 0 Å². The summed E-state index contributed by atoms with van der Waals surface area (Å²) >= 11 is 5.21. The van der Waals surface area contributed by atoms with Gasteiger partial charge in [0, 0.05) is 15.8 Å². The first kappa shape index (κ1) is 18.1. The van der Waals surface area contributed by atoms with Gasteiger partial charge in [-0.2, -0.15) is 0 Å². The molecule has 0 bridgehead atoms. The fraction of sp³-hybridized carbons (Fsp3) is 0.143. The van der Waals surface area contributed by atoms with Gasteiger partial charge in [0.2, 0.25) is 0 Å². The van der Waals surface area contributed by atoms with E-state index >= 15 is 0 Å². The van der Waals surface area contributed by atoms with Crippen LogP contribution >= 0.6 is 27.7 Å². The molecular weight excluding hydrogens is 422 g/mol. The van der Waals surface area contributed by atoms with Crippen molar-refractivity contribution in [1.82, 2.24) is 14.8 Å². The van der Waals surface area contributed by atoms with E-state index in [9.17, 15) is 0 Å². The van der Waals surface area contributed by atoms with Crippen molar-refractivity contribution in [3.05, 3.63) is 88.3 Å². The fourth-order valence-electron chi connectivity index (χ4n) is 2.87. The van der Waals surface area contributed by atoms with Crippen LogP contribution in [0.5, 0.6) is 0 Å². The smallest absolute Gasteiger partial charge is 0.192 e. The second-order valence-corrected chi connectivity index (χ2v) is 8.12. The van der Waals surface area contributed by atoms with Gasteiger partial charge in [-0.1, -0.05) is 63.6 Å². The Hall–Kier alpha value is -2.31. The van der Waals surface area contributed by atoms with Crippen LogP contribution in [0.15, 0.2) is 81.0 Å². The summed E-state index contributed by atoms with van der Waals surface area (Å²) in [6.45, 7) is 2.68. The zero-order valence-electron chi connectivity index (χ0n) is 14.8. The van der Waals surface area contributed by atoms with E-state index in [2.05, 4.69) is 67.9 Å². The van der Waals surface area contributed by atoms with Crippen LogP contribution in [-0.4, -0.2) is 14.8 Å². The zero-order valence-corrected chi connectivity index (χ0v) is 17.2. The summed E-state index contributed by atoms with van der Waals surface area (Å²) in [7, 11) is 0. The summed E-state index contributed by atoms with van der Waals surface area (Å²) in [4.78, 5) is 0. The van der Waals surface area contributed by atoms with E-state index in [1.807, 2.05) is 30.3 Å². The number of hydrogen-bond donors (Lipinski definition) is 0. The maximum atomic E-state index is 5.56. The van der Waals surface area contributed by atoms with Crippen molar-refractivity contribution in [2.45, 2.75) is 24.4 Å². The molecule has 4 rings (SSSR count). The monoisotopic (exact) mass is 439 g/mol. The molecule has 136 valence electrons. The maximum absolute atomic E-state index is 5.56. The number of aromatic nitrogens is 3. The number of benzene rings is 2. The van der Waals surface area contributed by atoms with Crippen LogP contribution in [0.1, 0.15) is 16.9 Å². The molecule has 0 aliphatic heterocycles. The van der Waals surface area contributed by atoms with Crippen molar-refractivity contribution in [1.29, 1.82) is 0 Å². The van der Waals surface area contributed by atoms with Crippen LogP contribution in [0.25, 0.3) is 11.4 Å². The predicted molar refractivity (Wildman–Crippen MR) is 112 cm³/mol. The Labute approximate surface area is 170 Å². The Kier molecular flexibility index (Phi) is 5.45. The summed E-state index contributed by atoms with van der Waals surface area (Å²) in [5, 5.41) is 9.82. The summed E-state index contributed by atoms with van der Waals surface area (Å²) in [5.41, 5.74) is 3.49. The van der Waals surface area contributed by atoms with Crippen LogP contribution in [0.2, 0.25) is 0 Å². The molecule has 4 nitrogen and oxygen atoms in total. The van der Waals surface area contributed by atoms with Crippen LogP contribution in [-0.2, 0) is 12.3 Å². The van der Waals surface area contributed by atoms with Crippen molar-refractivity contribution < 1.29 is 4.42 Å². The molecule has 6 heteroatoms. The van der Waals surface area contributed by atoms with Gasteiger partial charge < -0.3 is 4.42 Å². The molecule has 0 saturated heterocycles. The number of nitrogens with zero attached hydrogens (tertiary/aromatic N) is 3. The third-order valence-corrected chi connectivity index (χ3v) is 5.68. The van der Waals surface area contributed by atoms with Gasteiger partial charge >= 0.3 is 0 Å². The van der Waals surface area contributed by atoms with E-state index < -0.39 is 0 Å². The van der Waals surface area contributed by atoms with Crippen LogP contribution < -0.4 is 0 Å². The van der Waals surface area contributed by atoms with Crippen molar-refractivity contribution >= 4 is 27.7 Å². The fourth-order valence-corrected chi connectivity index (χ4v) is 4.20. The van der Waals surface area contributed by atoms with Crippen LogP contribution in [0.4, 0.5) is 0 Å². The molecule has 0 amide bonds. The molecule has 0 unspecified atom stereocenters. The van der Waals surface area contributed by atoms with Gasteiger partial charge in [0.1, 0.15) is 5.76 Å². The van der Waals surface area contributed by atoms with E-state index in [4.69, 9.17) is 4.42 Å². The lowest BCUT2D eigenvalue weighted by Crippen LogP contribution is -2.03. The first-order valence-corrected chi connectivity index (χ1v) is 10.4. The van der Waals surface area contributed by atoms with E-state index in [1.54, 1.807) is 18.0 Å². The Balaban J connectivity index is 1.66. The molecule has 2 aromatic heterocycles. The highest BCUT2D eigenvalue weighted by atomic mass is 79.9. The second-order valence-electron chi connectivity index (χ2n) is 6.26. The molecule has 0 atom stereocenters. The van der Waals surface area contributed by atoms with E-state index in [0.717, 1.165) is 32.5 Å². The maximum Gasteiger partial charge on any atom is 0.192 e. The van der Waals surface area contributed by atoms with E-state index in [1.165, 1.54) is 11.1 Å². The molecule has 0 spiro atoms. The molecular formula is C21H18BrN3OS. The molecule has 0 saturated carbocycles. The summed E-state index contributed by atoms with van der Waals surface area (Å²) in [6.07, 6.45) is 1.69. The third-order valence-electron chi connectivity index (χ3n) is 4.14. The highest BCUT2D eigenvalue weighted by Gasteiger charge is 2.16. The van der Waals surface area contributed by atoms with Crippen molar-refractivity contribution in [3.8, 4) is 11.4 Å². The van der Waals surface area contributed by atoms with Gasteiger partial charge in [0.25, 0.3) is 0 Å². The number of hydrogen-bond acceptors (Lipinski definition) is 4. The van der Waals surface area contributed by atoms with Crippen LogP contribution in [0, 0.1) is 6.92 Å². The third kappa shape index (κ3) is 4.34. The van der Waals surface area contributed by atoms with Crippen molar-refractivity contribution in [2.24, 2.45) is 0 Å². The van der Waals surface area contributed by atoms with Gasteiger partial charge in [-0.3, -0.25) is 4.57 Å². The lowest BCUT2D eigenvalue weighted by atomic mass is 10.1. The normalized spacial score (nSPS) is 11.0. The summed E-state index contributed by atoms with van der Waals surface area (Å²) in [6, 6.07) is 20.5. The van der Waals surface area contributed by atoms with Gasteiger partial charge in [-0.25, -0.2) is 0 Å². The van der Waals surface area contributed by atoms with Crippen molar-refractivity contribution in [3.63, 3.8) is 0 Å². The molecule has 0 radical (unpaired) electrons. The average Bonchev–Trinajstić information content (AvgIpc) is 3.31. The average molecular weight is 440 g/mol. The lowest BCUT2D eigenvalue weighted by molar-refractivity contribution is 0.485. The molecule has 0 N–H and O–H groups in total. The first-order valence-electron chi connectivity index (χ1n) is 8.59. The minimum atomic E-state index is 0.601. The van der Waals surface area contributed by atoms with E-state index in [-0.39, 0.29) is 0 Å². The molecule has 0 aliphatic carbocycles. The number of thioether (sulfide) groups is 1. The zero-order chi connectivity index (χ0) is 18.6. The highest BCUT2D eigenvalue weighted by Crippen LogP contribution is 2.28. The van der Waals surface area contributed by atoms with Crippen LogP contribution in [0.3, 0.4) is 0 Å². The molecule has 2 heterocycles. The number of aryl methyl sites for hydroxylation is 1. The Morgan fingerprint density at radius 2 is 1.93 bits per heavy atom. The molecule has 0 aliphatic rings. The quantitative estimate of drug-likeness (QED) is 0.348. The molecule has 2 aromatic carbocycles. The Bertz CT molecular complexity index is 1040. The SMILES string of the molecule is Cc1cccc(-c2nnc(SCc3cccc(Br)c3)n2Cc2ccco2)c1. The number of rotatable bonds is 6.